The van der Waals surface area contributed by atoms with Crippen molar-refractivity contribution in [3.8, 4) is 62.3 Å². The third-order valence-corrected chi connectivity index (χ3v) is 17.8. The number of halogens is 3. The molecular weight excluding hydrogens is 1350 g/mol. The molecular formula is C68H72BBrClIN10O9. The number of ether oxygens (including phenoxy) is 7. The highest BCUT2D eigenvalue weighted by atomic mass is 127. The molecule has 0 radical (unpaired) electrons. The van der Waals surface area contributed by atoms with Gasteiger partial charge >= 0.3 is 7.12 Å². The topological polar surface area (TPSA) is 196 Å². The van der Waals surface area contributed by atoms with E-state index < -0.39 is 0 Å². The van der Waals surface area contributed by atoms with Gasteiger partial charge in [-0.2, -0.15) is 10.2 Å². The summed E-state index contributed by atoms with van der Waals surface area (Å²) in [5.41, 5.74) is 12.5. The van der Waals surface area contributed by atoms with Crippen LogP contribution in [0.2, 0.25) is 0 Å². The van der Waals surface area contributed by atoms with Crippen LogP contribution in [0.25, 0.3) is 55.3 Å². The van der Waals surface area contributed by atoms with Crippen LogP contribution in [-0.2, 0) is 25.3 Å². The summed E-state index contributed by atoms with van der Waals surface area (Å²) in [4.78, 5) is 25.9. The number of hydrogen-bond donors (Lipinski definition) is 0. The van der Waals surface area contributed by atoms with E-state index in [2.05, 4.69) is 123 Å². The Morgan fingerprint density at radius 3 is 1.54 bits per heavy atom. The number of nitrogens with zero attached hydrogens (tertiary/aromatic N) is 10. The molecule has 91 heavy (non-hydrogen) atoms. The Morgan fingerprint density at radius 2 is 0.978 bits per heavy atom. The molecule has 3 aromatic carbocycles. The Bertz CT molecular complexity index is 4160. The summed E-state index contributed by atoms with van der Waals surface area (Å²) in [6.07, 6.45) is 24.2. The van der Waals surface area contributed by atoms with E-state index in [0.717, 1.165) is 137 Å². The van der Waals surface area contributed by atoms with Gasteiger partial charge in [0.25, 0.3) is 0 Å². The first-order chi connectivity index (χ1) is 43.7. The minimum Gasteiger partial charge on any atom is -0.495 e. The maximum absolute atomic E-state index is 6.04. The second-order valence-corrected chi connectivity index (χ2v) is 24.7. The molecule has 0 N–H and O–H groups in total. The molecule has 2 unspecified atom stereocenters. The molecule has 4 aliphatic heterocycles. The highest BCUT2D eigenvalue weighted by Gasteiger charge is 2.52. The second-order valence-electron chi connectivity index (χ2n) is 22.8. The van der Waals surface area contributed by atoms with Crippen molar-refractivity contribution in [2.24, 2.45) is 4.99 Å². The molecule has 0 amide bonds. The molecule has 19 nitrogen and oxygen atoms in total. The van der Waals surface area contributed by atoms with Gasteiger partial charge in [0.05, 0.1) is 101 Å². The van der Waals surface area contributed by atoms with Crippen LogP contribution in [0, 0.1) is 3.70 Å². The standard InChI is InChI=1S/C24H24N4O3.C20H17N3O2.C12H18BNO3.C12H12BrIN2O.ClH/c1-29-19-9-17(12-25-14-19)16-6-7-22-21(11-16)24(18-10-20(30-2)15-26-13-18)27-28(22)23-5-3-4-8-31-23;1-24-17-5-15(8-21-11-17)13-3-4-14-10-23-20(19(14)7-13)16-6-18(25-2)12-22-9-16;1-11(2)12(3,4)17-13(16-11)9-6-10(15-5)8-14-7-9;13-8-4-5-10-9(7-8)12(14)15-16(10)11-3-1-2-6-17-11;/h6-7,9-15,23H,3-5,8H2,1-2H3;3-9,11-12H,10H2,1-2H3;6-8H,1-5H3;4-5,7,11H,1-3,6H2;1H. The largest absolute Gasteiger partial charge is 0.496 e. The van der Waals surface area contributed by atoms with Crippen molar-refractivity contribution in [2.75, 3.05) is 48.8 Å². The molecule has 3 fully saturated rings. The molecule has 3 saturated heterocycles. The molecule has 2 atom stereocenters. The van der Waals surface area contributed by atoms with Crippen LogP contribution in [0.5, 0.6) is 28.7 Å². The lowest BCUT2D eigenvalue weighted by molar-refractivity contribution is -0.0369. The van der Waals surface area contributed by atoms with Crippen LogP contribution in [0.15, 0.2) is 156 Å². The third kappa shape index (κ3) is 15.2. The van der Waals surface area contributed by atoms with E-state index in [1.54, 1.807) is 72.7 Å². The van der Waals surface area contributed by atoms with Gasteiger partial charge in [0.2, 0.25) is 0 Å². The Balaban J connectivity index is 0.000000137. The fourth-order valence-corrected chi connectivity index (χ4v) is 11.9. The van der Waals surface area contributed by atoms with Crippen molar-refractivity contribution in [2.45, 2.75) is 96.4 Å². The second kappa shape index (κ2) is 29.8. The van der Waals surface area contributed by atoms with Gasteiger partial charge in [-0.3, -0.25) is 29.9 Å². The summed E-state index contributed by atoms with van der Waals surface area (Å²) in [5, 5.41) is 11.8. The van der Waals surface area contributed by atoms with Gasteiger partial charge in [0.15, 0.2) is 12.5 Å². The van der Waals surface area contributed by atoms with E-state index in [1.165, 1.54) is 23.8 Å². The van der Waals surface area contributed by atoms with E-state index in [4.69, 9.17) is 52.6 Å². The predicted octanol–water partition coefficient (Wildman–Crippen LogP) is 14.3. The predicted molar refractivity (Wildman–Crippen MR) is 367 cm³/mol. The van der Waals surface area contributed by atoms with Gasteiger partial charge in [-0.25, -0.2) is 9.36 Å². The van der Waals surface area contributed by atoms with Crippen LogP contribution in [0.1, 0.15) is 95.4 Å². The Hall–Kier alpha value is -7.58. The maximum atomic E-state index is 6.04. The fraction of sp³-hybridized carbons (Fsp3) is 0.324. The number of aliphatic imine (C=N–C) groups is 1. The zero-order valence-corrected chi connectivity index (χ0v) is 56.8. The van der Waals surface area contributed by atoms with E-state index >= 15 is 0 Å². The van der Waals surface area contributed by atoms with Crippen LogP contribution in [0.4, 0.5) is 0 Å². The van der Waals surface area contributed by atoms with Gasteiger partial charge in [-0.15, -0.1) is 12.4 Å². The summed E-state index contributed by atoms with van der Waals surface area (Å²) < 4.78 is 56.3. The highest BCUT2D eigenvalue weighted by molar-refractivity contribution is 14.1. The molecule has 0 spiro atoms. The Labute approximate surface area is 558 Å². The van der Waals surface area contributed by atoms with Gasteiger partial charge in [0, 0.05) is 92.7 Å². The summed E-state index contributed by atoms with van der Waals surface area (Å²) in [7, 11) is 7.80. The minimum atomic E-state index is -0.386. The van der Waals surface area contributed by atoms with E-state index in [1.807, 2.05) is 92.2 Å². The van der Waals surface area contributed by atoms with Crippen LogP contribution in [0.3, 0.4) is 0 Å². The molecule has 10 aromatic rings. The number of methoxy groups -OCH3 is 5. The number of benzene rings is 3. The third-order valence-electron chi connectivity index (χ3n) is 16.5. The highest BCUT2D eigenvalue weighted by Crippen LogP contribution is 2.39. The number of pyridine rings is 5. The summed E-state index contributed by atoms with van der Waals surface area (Å²) in [5.74, 6) is 3.59. The summed E-state index contributed by atoms with van der Waals surface area (Å²) in [6.45, 7) is 10.4. The Morgan fingerprint density at radius 1 is 0.505 bits per heavy atom. The van der Waals surface area contributed by atoms with E-state index in [0.29, 0.717) is 18.0 Å². The normalized spacial score (nSPS) is 17.0. The SMILES string of the molecule is Brc1ccc2c(c1)c(I)nn2C1CCCCO1.COc1cncc(-c2ccc3c(c2)c(-c2cncc(OC)c2)nn3C2CCCCO2)c1.COc1cncc(B2OC(C)(C)C(C)(C)O2)c1.COc1cncc(C2=NCc3ccc(-c4cncc(OC)c4)cc32)c1.Cl. The first-order valence-corrected chi connectivity index (χ1v) is 31.6. The lowest BCUT2D eigenvalue weighted by Crippen LogP contribution is -2.41. The monoisotopic (exact) mass is 1420 g/mol. The maximum Gasteiger partial charge on any atom is 0.496 e. The summed E-state index contributed by atoms with van der Waals surface area (Å²) in [6, 6.07) is 28.7. The number of aromatic nitrogens is 9. The average molecular weight is 1430 g/mol. The number of hydrogen-bond acceptors (Lipinski definition) is 17. The van der Waals surface area contributed by atoms with Crippen LogP contribution in [-0.4, -0.2) is 117 Å². The number of fused-ring (bicyclic) bond motifs is 3. The van der Waals surface area contributed by atoms with Crippen molar-refractivity contribution >= 4 is 91.0 Å². The quantitative estimate of drug-likeness (QED) is 0.0826. The van der Waals surface area contributed by atoms with Gasteiger partial charge in [0.1, 0.15) is 38.1 Å². The average Bonchev–Trinajstić information content (AvgIpc) is 1.68. The van der Waals surface area contributed by atoms with Crippen LogP contribution < -0.4 is 29.1 Å². The molecule has 0 bridgehead atoms. The van der Waals surface area contributed by atoms with Crippen molar-refractivity contribution in [1.82, 2.24) is 44.5 Å². The van der Waals surface area contributed by atoms with E-state index in [-0.39, 0.29) is 43.2 Å². The van der Waals surface area contributed by atoms with Crippen molar-refractivity contribution < 1.29 is 42.5 Å². The molecule has 0 saturated carbocycles. The first kappa shape index (κ1) is 66.3. The van der Waals surface area contributed by atoms with E-state index in [9.17, 15) is 0 Å². The molecule has 4 aliphatic rings. The number of rotatable bonds is 12. The lowest BCUT2D eigenvalue weighted by Gasteiger charge is -2.32. The van der Waals surface area contributed by atoms with Gasteiger partial charge in [-0.1, -0.05) is 34.1 Å². The molecule has 23 heteroatoms. The van der Waals surface area contributed by atoms with Crippen molar-refractivity contribution in [3.05, 3.63) is 172 Å². The minimum absolute atomic E-state index is 0. The smallest absolute Gasteiger partial charge is 0.495 e. The lowest BCUT2D eigenvalue weighted by atomic mass is 9.80. The molecule has 0 aliphatic carbocycles. The zero-order valence-electron chi connectivity index (χ0n) is 52.3. The van der Waals surface area contributed by atoms with Gasteiger partial charge in [-0.05, 0) is 172 Å². The van der Waals surface area contributed by atoms with Gasteiger partial charge < -0.3 is 42.5 Å². The summed E-state index contributed by atoms with van der Waals surface area (Å²) >= 11 is 5.78. The fourth-order valence-electron chi connectivity index (χ4n) is 10.8. The van der Waals surface area contributed by atoms with Crippen LogP contribution >= 0.6 is 50.9 Å². The first-order valence-electron chi connectivity index (χ1n) is 29.7. The Kier molecular flexibility index (Phi) is 21.7. The zero-order chi connectivity index (χ0) is 62.9. The molecule has 11 heterocycles. The molecule has 7 aromatic heterocycles. The molecule has 14 rings (SSSR count). The van der Waals surface area contributed by atoms with Crippen molar-refractivity contribution in [3.63, 3.8) is 0 Å². The van der Waals surface area contributed by atoms with Crippen molar-refractivity contribution in [1.29, 1.82) is 0 Å². The molecule has 472 valence electrons.